The molecule has 2 aliphatic rings. The van der Waals surface area contributed by atoms with Gasteiger partial charge < -0.3 is 5.32 Å². The van der Waals surface area contributed by atoms with Crippen LogP contribution in [0.4, 0.5) is 5.82 Å². The molecule has 5 rings (SSSR count). The summed E-state index contributed by atoms with van der Waals surface area (Å²) in [6.45, 7) is 1.09. The van der Waals surface area contributed by atoms with E-state index in [0.29, 0.717) is 25.4 Å². The van der Waals surface area contributed by atoms with Crippen molar-refractivity contribution >= 4 is 17.6 Å². The van der Waals surface area contributed by atoms with Crippen molar-refractivity contribution in [3.05, 3.63) is 59.8 Å². The van der Waals surface area contributed by atoms with Crippen molar-refractivity contribution in [1.29, 1.82) is 0 Å². The van der Waals surface area contributed by atoms with Gasteiger partial charge in [0.15, 0.2) is 0 Å². The monoisotopic (exact) mass is 405 g/mol. The van der Waals surface area contributed by atoms with E-state index < -0.39 is 11.9 Å². The number of hydrogen-bond donors (Lipinski definition) is 1. The predicted octanol–water partition coefficient (Wildman–Crippen LogP) is 1.57. The molecule has 0 unspecified atom stereocenters. The van der Waals surface area contributed by atoms with E-state index in [9.17, 15) is 9.59 Å². The first-order valence-electron chi connectivity index (χ1n) is 10.2. The van der Waals surface area contributed by atoms with Gasteiger partial charge in [-0.05, 0) is 24.8 Å². The van der Waals surface area contributed by atoms with Crippen LogP contribution < -0.4 is 10.2 Å². The Morgan fingerprint density at radius 1 is 1.17 bits per heavy atom. The van der Waals surface area contributed by atoms with E-state index in [4.69, 9.17) is 0 Å². The molecule has 2 amide bonds. The number of hydrogen-bond acceptors (Lipinski definition) is 5. The summed E-state index contributed by atoms with van der Waals surface area (Å²) in [5.41, 5.74) is 2.12. The summed E-state index contributed by atoms with van der Waals surface area (Å²) in [5, 5.41) is 11.7. The molecule has 0 saturated heterocycles. The fraction of sp³-hybridized carbons (Fsp3) is 0.381. The zero-order valence-corrected chi connectivity index (χ0v) is 16.7. The van der Waals surface area contributed by atoms with Crippen molar-refractivity contribution in [2.45, 2.75) is 44.3 Å². The Labute approximate surface area is 173 Å². The van der Waals surface area contributed by atoms with Crippen molar-refractivity contribution in [3.8, 4) is 0 Å². The Kier molecular flexibility index (Phi) is 4.57. The van der Waals surface area contributed by atoms with E-state index in [1.165, 1.54) is 6.33 Å². The maximum atomic E-state index is 12.9. The molecular weight excluding hydrogens is 382 g/mol. The second-order valence-electron chi connectivity index (χ2n) is 7.89. The van der Waals surface area contributed by atoms with Gasteiger partial charge in [-0.3, -0.25) is 14.5 Å². The standard InChI is InChI=1S/C21H23N7O2/c1-26-18-11-17(15-7-8-15)24-28(18)10-9-16(21(26)30)23-20(29)19-22-13-27(25-19)12-14-5-3-2-4-6-14/h2-6,11,13,15-16H,7-10,12H2,1H3,(H,23,29)/t16-/m0/s1. The molecule has 3 heterocycles. The van der Waals surface area contributed by atoms with Gasteiger partial charge in [0, 0.05) is 25.6 Å². The number of aryl methyl sites for hydroxylation is 1. The molecule has 0 spiro atoms. The Balaban J connectivity index is 1.26. The van der Waals surface area contributed by atoms with Crippen LogP contribution in [0.5, 0.6) is 0 Å². The van der Waals surface area contributed by atoms with Crippen molar-refractivity contribution in [3.63, 3.8) is 0 Å². The minimum absolute atomic E-state index is 0.0550. The molecule has 0 radical (unpaired) electrons. The van der Waals surface area contributed by atoms with E-state index in [2.05, 4.69) is 20.5 Å². The summed E-state index contributed by atoms with van der Waals surface area (Å²) < 4.78 is 3.48. The smallest absolute Gasteiger partial charge is 0.291 e. The Hall–Kier alpha value is -3.49. The number of nitrogens with zero attached hydrogens (tertiary/aromatic N) is 6. The second-order valence-corrected chi connectivity index (χ2v) is 7.89. The largest absolute Gasteiger partial charge is 0.337 e. The average molecular weight is 405 g/mol. The highest BCUT2D eigenvalue weighted by molar-refractivity contribution is 6.00. The van der Waals surface area contributed by atoms with E-state index in [-0.39, 0.29) is 11.7 Å². The van der Waals surface area contributed by atoms with Gasteiger partial charge in [-0.25, -0.2) is 14.3 Å². The van der Waals surface area contributed by atoms with Crippen LogP contribution in [-0.4, -0.2) is 49.4 Å². The summed E-state index contributed by atoms with van der Waals surface area (Å²) in [4.78, 5) is 31.3. The molecule has 9 nitrogen and oxygen atoms in total. The normalized spacial score (nSPS) is 18.8. The SMILES string of the molecule is CN1C(=O)[C@@H](NC(=O)c2ncn(Cc3ccccc3)n2)CCn2nc(C3CC3)cc21. The minimum atomic E-state index is -0.644. The van der Waals surface area contributed by atoms with Crippen LogP contribution in [0.3, 0.4) is 0 Å². The second kappa shape index (κ2) is 7.40. The summed E-state index contributed by atoms with van der Waals surface area (Å²) in [6, 6.07) is 11.2. The molecule has 1 N–H and O–H groups in total. The molecule has 1 aromatic carbocycles. The first-order valence-corrected chi connectivity index (χ1v) is 10.2. The lowest BCUT2D eigenvalue weighted by atomic mass is 10.2. The molecule has 2 aromatic heterocycles. The molecule has 1 saturated carbocycles. The number of rotatable bonds is 5. The molecule has 3 aromatic rings. The Morgan fingerprint density at radius 2 is 1.97 bits per heavy atom. The van der Waals surface area contributed by atoms with Crippen LogP contribution in [0.25, 0.3) is 0 Å². The summed E-state index contributed by atoms with van der Waals surface area (Å²) in [7, 11) is 1.73. The first kappa shape index (κ1) is 18.5. The third kappa shape index (κ3) is 3.58. The number of amides is 2. The van der Waals surface area contributed by atoms with E-state index >= 15 is 0 Å². The van der Waals surface area contributed by atoms with Crippen LogP contribution in [0, 0.1) is 0 Å². The number of carbonyl (C=O) groups excluding carboxylic acids is 2. The highest BCUT2D eigenvalue weighted by atomic mass is 16.2. The van der Waals surface area contributed by atoms with E-state index in [1.54, 1.807) is 16.6 Å². The van der Waals surface area contributed by atoms with Crippen LogP contribution >= 0.6 is 0 Å². The number of nitrogens with one attached hydrogen (secondary N) is 1. The third-order valence-electron chi connectivity index (χ3n) is 5.61. The molecule has 9 heteroatoms. The number of likely N-dealkylation sites (N-methyl/N-ethyl adjacent to an activating group) is 1. The van der Waals surface area contributed by atoms with Crippen molar-refractivity contribution in [2.75, 3.05) is 11.9 Å². The van der Waals surface area contributed by atoms with Gasteiger partial charge in [-0.15, -0.1) is 5.10 Å². The fourth-order valence-corrected chi connectivity index (χ4v) is 3.76. The lowest BCUT2D eigenvalue weighted by Crippen LogP contribution is -2.47. The summed E-state index contributed by atoms with van der Waals surface area (Å²) in [6.07, 6.45) is 4.32. The van der Waals surface area contributed by atoms with Crippen molar-refractivity contribution in [1.82, 2.24) is 29.9 Å². The van der Waals surface area contributed by atoms with Gasteiger partial charge in [0.1, 0.15) is 18.2 Å². The number of anilines is 1. The molecule has 1 aliphatic carbocycles. The maximum absolute atomic E-state index is 12.9. The highest BCUT2D eigenvalue weighted by Gasteiger charge is 2.34. The van der Waals surface area contributed by atoms with Gasteiger partial charge >= 0.3 is 0 Å². The Bertz CT molecular complexity index is 1080. The molecule has 30 heavy (non-hydrogen) atoms. The lowest BCUT2D eigenvalue weighted by Gasteiger charge is -2.19. The number of aromatic nitrogens is 5. The summed E-state index contributed by atoms with van der Waals surface area (Å²) in [5.74, 6) is 0.753. The number of carbonyl (C=O) groups is 2. The molecular formula is C21H23N7O2. The number of benzene rings is 1. The van der Waals surface area contributed by atoms with E-state index in [0.717, 1.165) is 29.9 Å². The topological polar surface area (TPSA) is 97.9 Å². The van der Waals surface area contributed by atoms with Crippen LogP contribution in [0.2, 0.25) is 0 Å². The van der Waals surface area contributed by atoms with Crippen molar-refractivity contribution in [2.24, 2.45) is 0 Å². The van der Waals surface area contributed by atoms with Crippen LogP contribution in [0.15, 0.2) is 42.7 Å². The third-order valence-corrected chi connectivity index (χ3v) is 5.61. The Morgan fingerprint density at radius 3 is 2.73 bits per heavy atom. The first-order chi connectivity index (χ1) is 14.6. The fourth-order valence-electron chi connectivity index (χ4n) is 3.76. The average Bonchev–Trinajstić information content (AvgIpc) is 3.37. The zero-order chi connectivity index (χ0) is 20.7. The maximum Gasteiger partial charge on any atom is 0.291 e. The van der Waals surface area contributed by atoms with Gasteiger partial charge in [0.05, 0.1) is 12.2 Å². The molecule has 1 fully saturated rings. The van der Waals surface area contributed by atoms with E-state index in [1.807, 2.05) is 41.1 Å². The van der Waals surface area contributed by atoms with Gasteiger partial charge in [-0.2, -0.15) is 5.10 Å². The summed E-state index contributed by atoms with van der Waals surface area (Å²) >= 11 is 0. The predicted molar refractivity (Wildman–Crippen MR) is 109 cm³/mol. The van der Waals surface area contributed by atoms with Crippen LogP contribution in [0.1, 0.15) is 47.1 Å². The van der Waals surface area contributed by atoms with Gasteiger partial charge in [0.2, 0.25) is 5.82 Å². The van der Waals surface area contributed by atoms with Crippen LogP contribution in [-0.2, 0) is 17.9 Å². The molecule has 1 atom stereocenters. The highest BCUT2D eigenvalue weighted by Crippen LogP contribution is 2.40. The minimum Gasteiger partial charge on any atom is -0.337 e. The van der Waals surface area contributed by atoms with Gasteiger partial charge in [-0.1, -0.05) is 30.3 Å². The molecule has 1 aliphatic heterocycles. The van der Waals surface area contributed by atoms with Gasteiger partial charge in [0.25, 0.3) is 11.8 Å². The van der Waals surface area contributed by atoms with Crippen molar-refractivity contribution < 1.29 is 9.59 Å². The number of fused-ring (bicyclic) bond motifs is 1. The lowest BCUT2D eigenvalue weighted by molar-refractivity contribution is -0.120. The zero-order valence-electron chi connectivity index (χ0n) is 16.7. The molecule has 154 valence electrons. The molecule has 0 bridgehead atoms. The quantitative estimate of drug-likeness (QED) is 0.695.